The summed E-state index contributed by atoms with van der Waals surface area (Å²) in [6.45, 7) is 8.37. The summed E-state index contributed by atoms with van der Waals surface area (Å²) in [5, 5.41) is -0.225. The van der Waals surface area contributed by atoms with Gasteiger partial charge in [-0.05, 0) is 62.1 Å². The normalized spacial score (nSPS) is 12.3. The van der Waals surface area contributed by atoms with Gasteiger partial charge in [0.05, 0.1) is 12.5 Å². The first-order valence-corrected chi connectivity index (χ1v) is 8.14. The van der Waals surface area contributed by atoms with Gasteiger partial charge < -0.3 is 4.74 Å². The van der Waals surface area contributed by atoms with Crippen molar-refractivity contribution in [2.24, 2.45) is 0 Å². The predicted molar refractivity (Wildman–Crippen MR) is 93.8 cm³/mol. The zero-order valence-corrected chi connectivity index (χ0v) is 15.4. The molecule has 0 aliphatic heterocycles. The van der Waals surface area contributed by atoms with Crippen LogP contribution in [0.4, 0.5) is 0 Å². The van der Waals surface area contributed by atoms with Crippen molar-refractivity contribution in [3.63, 3.8) is 0 Å². The highest BCUT2D eigenvalue weighted by Gasteiger charge is 2.20. The first kappa shape index (κ1) is 16.4. The minimum absolute atomic E-state index is 0.225. The molecule has 0 bridgehead atoms. The lowest BCUT2D eigenvalue weighted by Gasteiger charge is -2.20. The molecule has 21 heavy (non-hydrogen) atoms. The lowest BCUT2D eigenvalue weighted by atomic mass is 9.93. The zero-order valence-electron chi connectivity index (χ0n) is 13.1. The third kappa shape index (κ3) is 3.27. The van der Waals surface area contributed by atoms with Gasteiger partial charge in [0.2, 0.25) is 0 Å². The Bertz CT molecular complexity index is 656. The number of ether oxygens (including phenoxy) is 1. The number of methoxy groups -OCH3 is 1. The van der Waals surface area contributed by atoms with Crippen LogP contribution in [0.2, 0.25) is 0 Å². The van der Waals surface area contributed by atoms with E-state index in [0.29, 0.717) is 0 Å². The smallest absolute Gasteiger partial charge is 0.124 e. The van der Waals surface area contributed by atoms with Gasteiger partial charge in [0.25, 0.3) is 0 Å². The number of aryl methyl sites for hydroxylation is 4. The number of rotatable bonds is 3. The number of alkyl halides is 1. The van der Waals surface area contributed by atoms with Crippen LogP contribution in [0.5, 0.6) is 5.75 Å². The first-order chi connectivity index (χ1) is 9.85. The van der Waals surface area contributed by atoms with Crippen LogP contribution in [0.25, 0.3) is 0 Å². The second-order valence-electron chi connectivity index (χ2n) is 5.52. The van der Waals surface area contributed by atoms with E-state index in [4.69, 9.17) is 16.3 Å². The standard InChI is InChI=1S/C18H20BrClO/c1-10-6-12(3)17(13(4)7-10)18(20)14-9-15(19)11(2)8-16(14)21-5/h6-9,18H,1-5H3. The summed E-state index contributed by atoms with van der Waals surface area (Å²) in [5.74, 6) is 0.829. The molecule has 1 nitrogen and oxygen atoms in total. The van der Waals surface area contributed by atoms with E-state index in [1.54, 1.807) is 7.11 Å². The summed E-state index contributed by atoms with van der Waals surface area (Å²) in [4.78, 5) is 0. The monoisotopic (exact) mass is 366 g/mol. The Hall–Kier alpha value is -0.990. The van der Waals surface area contributed by atoms with Crippen LogP contribution < -0.4 is 4.74 Å². The van der Waals surface area contributed by atoms with Gasteiger partial charge in [0, 0.05) is 10.0 Å². The van der Waals surface area contributed by atoms with Gasteiger partial charge in [0.1, 0.15) is 5.75 Å². The van der Waals surface area contributed by atoms with Crippen LogP contribution in [0, 0.1) is 27.7 Å². The maximum atomic E-state index is 6.80. The molecule has 0 spiro atoms. The molecule has 1 atom stereocenters. The maximum Gasteiger partial charge on any atom is 0.124 e. The fourth-order valence-corrected chi connectivity index (χ4v) is 3.67. The second-order valence-corrected chi connectivity index (χ2v) is 6.81. The van der Waals surface area contributed by atoms with Crippen molar-refractivity contribution in [3.8, 4) is 5.75 Å². The Morgan fingerprint density at radius 2 is 1.52 bits per heavy atom. The Morgan fingerprint density at radius 1 is 0.952 bits per heavy atom. The molecule has 0 saturated carbocycles. The average Bonchev–Trinajstić information content (AvgIpc) is 2.39. The van der Waals surface area contributed by atoms with Crippen molar-refractivity contribution in [1.82, 2.24) is 0 Å². The first-order valence-electron chi connectivity index (χ1n) is 6.91. The van der Waals surface area contributed by atoms with Gasteiger partial charge >= 0.3 is 0 Å². The van der Waals surface area contributed by atoms with Crippen LogP contribution in [-0.2, 0) is 0 Å². The lowest BCUT2D eigenvalue weighted by molar-refractivity contribution is 0.409. The fraction of sp³-hybridized carbons (Fsp3) is 0.333. The predicted octanol–water partition coefficient (Wildman–Crippen LogP) is 6.02. The molecule has 3 heteroatoms. The van der Waals surface area contributed by atoms with Crippen molar-refractivity contribution in [3.05, 3.63) is 62.1 Å². The van der Waals surface area contributed by atoms with Gasteiger partial charge in [0.15, 0.2) is 0 Å². The van der Waals surface area contributed by atoms with Crippen LogP contribution in [0.3, 0.4) is 0 Å². The Kier molecular flexibility index (Phi) is 5.00. The Balaban J connectivity index is 2.60. The molecule has 2 aromatic carbocycles. The quantitative estimate of drug-likeness (QED) is 0.603. The zero-order chi connectivity index (χ0) is 15.7. The molecule has 0 aliphatic rings. The molecule has 0 N–H and O–H groups in total. The van der Waals surface area contributed by atoms with Crippen LogP contribution >= 0.6 is 27.5 Å². The fourth-order valence-electron chi connectivity index (χ4n) is 2.79. The molecule has 0 amide bonds. The van der Waals surface area contributed by atoms with E-state index in [2.05, 4.69) is 54.9 Å². The molecule has 0 heterocycles. The molecule has 112 valence electrons. The molecule has 0 fully saturated rings. The van der Waals surface area contributed by atoms with E-state index >= 15 is 0 Å². The maximum absolute atomic E-state index is 6.80. The van der Waals surface area contributed by atoms with Crippen molar-refractivity contribution < 1.29 is 4.74 Å². The summed E-state index contributed by atoms with van der Waals surface area (Å²) < 4.78 is 6.57. The number of hydrogen-bond donors (Lipinski definition) is 0. The topological polar surface area (TPSA) is 9.23 Å². The SMILES string of the molecule is COc1cc(C)c(Br)cc1C(Cl)c1c(C)cc(C)cc1C. The minimum atomic E-state index is -0.225. The summed E-state index contributed by atoms with van der Waals surface area (Å²) in [5.41, 5.74) is 6.98. The van der Waals surface area contributed by atoms with E-state index in [0.717, 1.165) is 26.9 Å². The molecule has 0 radical (unpaired) electrons. The minimum Gasteiger partial charge on any atom is -0.496 e. The number of benzene rings is 2. The number of hydrogen-bond acceptors (Lipinski definition) is 1. The average molecular weight is 368 g/mol. The Morgan fingerprint density at radius 3 is 2.05 bits per heavy atom. The van der Waals surface area contributed by atoms with Crippen LogP contribution in [0.1, 0.15) is 38.8 Å². The van der Waals surface area contributed by atoms with E-state index in [-0.39, 0.29) is 5.38 Å². The van der Waals surface area contributed by atoms with E-state index in [9.17, 15) is 0 Å². The summed E-state index contributed by atoms with van der Waals surface area (Å²) in [6.07, 6.45) is 0. The van der Waals surface area contributed by atoms with Crippen LogP contribution in [-0.4, -0.2) is 7.11 Å². The molecule has 0 saturated heterocycles. The Labute approximate surface area is 140 Å². The molecule has 2 rings (SSSR count). The molecule has 2 aromatic rings. The number of halogens is 2. The van der Waals surface area contributed by atoms with Crippen molar-refractivity contribution >= 4 is 27.5 Å². The van der Waals surface area contributed by atoms with Gasteiger partial charge in [-0.2, -0.15) is 0 Å². The van der Waals surface area contributed by atoms with E-state index in [1.807, 2.05) is 13.0 Å². The van der Waals surface area contributed by atoms with Gasteiger partial charge in [-0.3, -0.25) is 0 Å². The molecular formula is C18H20BrClO. The van der Waals surface area contributed by atoms with E-state index < -0.39 is 0 Å². The van der Waals surface area contributed by atoms with E-state index in [1.165, 1.54) is 16.7 Å². The summed E-state index contributed by atoms with van der Waals surface area (Å²) in [7, 11) is 1.69. The van der Waals surface area contributed by atoms with Gasteiger partial charge in [-0.15, -0.1) is 11.6 Å². The van der Waals surface area contributed by atoms with Crippen LogP contribution in [0.15, 0.2) is 28.7 Å². The third-order valence-electron chi connectivity index (χ3n) is 3.78. The molecule has 0 aromatic heterocycles. The highest BCUT2D eigenvalue weighted by Crippen LogP contribution is 2.40. The highest BCUT2D eigenvalue weighted by molar-refractivity contribution is 9.10. The lowest BCUT2D eigenvalue weighted by Crippen LogP contribution is -2.03. The van der Waals surface area contributed by atoms with Crippen molar-refractivity contribution in [2.75, 3.05) is 7.11 Å². The van der Waals surface area contributed by atoms with Crippen molar-refractivity contribution in [2.45, 2.75) is 33.1 Å². The largest absolute Gasteiger partial charge is 0.496 e. The van der Waals surface area contributed by atoms with Gasteiger partial charge in [-0.1, -0.05) is 33.6 Å². The summed E-state index contributed by atoms with van der Waals surface area (Å²) in [6, 6.07) is 8.43. The second kappa shape index (κ2) is 6.41. The van der Waals surface area contributed by atoms with Gasteiger partial charge in [-0.25, -0.2) is 0 Å². The third-order valence-corrected chi connectivity index (χ3v) is 5.08. The molecule has 1 unspecified atom stereocenters. The highest BCUT2D eigenvalue weighted by atomic mass is 79.9. The van der Waals surface area contributed by atoms with Crippen molar-refractivity contribution in [1.29, 1.82) is 0 Å². The molecule has 0 aliphatic carbocycles. The summed E-state index contributed by atoms with van der Waals surface area (Å²) >= 11 is 10.4. The molecular weight excluding hydrogens is 348 g/mol.